The molecule has 0 amide bonds. The number of carbonyl (C=O) groups is 2. The Morgan fingerprint density at radius 2 is 1.69 bits per heavy atom. The molecule has 1 saturated carbocycles. The number of esters is 1. The van der Waals surface area contributed by atoms with Crippen molar-refractivity contribution in [1.29, 1.82) is 0 Å². The van der Waals surface area contributed by atoms with Crippen molar-refractivity contribution in [3.8, 4) is 0 Å². The normalized spacial score (nSPS) is 15.2. The summed E-state index contributed by atoms with van der Waals surface area (Å²) < 4.78 is 5.19. The van der Waals surface area contributed by atoms with Crippen molar-refractivity contribution in [1.82, 2.24) is 0 Å². The number of carbonyl (C=O) groups excluding carboxylic acids is 1. The first-order valence-corrected chi connectivity index (χ1v) is 5.21. The number of aromatic carboxylic acids is 1. The van der Waals surface area contributed by atoms with Gasteiger partial charge in [0.05, 0.1) is 11.1 Å². The molecule has 0 aliphatic heterocycles. The van der Waals surface area contributed by atoms with E-state index in [0.29, 0.717) is 5.56 Å². The monoisotopic (exact) mass is 220 g/mol. The van der Waals surface area contributed by atoms with Gasteiger partial charge >= 0.3 is 11.9 Å². The molecule has 16 heavy (non-hydrogen) atoms. The van der Waals surface area contributed by atoms with Gasteiger partial charge in [0.15, 0.2) is 0 Å². The minimum atomic E-state index is -1.00. The highest BCUT2D eigenvalue weighted by Gasteiger charge is 2.22. The summed E-state index contributed by atoms with van der Waals surface area (Å²) in [5.74, 6) is -1.37. The van der Waals surface area contributed by atoms with Crippen LogP contribution in [0.25, 0.3) is 0 Å². The van der Waals surface area contributed by atoms with E-state index in [2.05, 4.69) is 0 Å². The third-order valence-corrected chi connectivity index (χ3v) is 2.69. The molecule has 1 aromatic carbocycles. The number of rotatable bonds is 3. The number of benzene rings is 1. The number of hydrogen-bond acceptors (Lipinski definition) is 3. The van der Waals surface area contributed by atoms with Gasteiger partial charge in [-0.15, -0.1) is 0 Å². The molecule has 1 fully saturated rings. The molecule has 0 unspecified atom stereocenters. The molecule has 1 aliphatic rings. The predicted molar refractivity (Wildman–Crippen MR) is 56.5 cm³/mol. The summed E-state index contributed by atoms with van der Waals surface area (Å²) in [5, 5.41) is 8.69. The highest BCUT2D eigenvalue weighted by atomic mass is 16.5. The lowest BCUT2D eigenvalue weighted by Crippen LogP contribution is -2.25. The molecule has 1 aromatic rings. The summed E-state index contributed by atoms with van der Waals surface area (Å²) in [6, 6.07) is 5.76. The van der Waals surface area contributed by atoms with Gasteiger partial charge in [-0.05, 0) is 43.5 Å². The minimum absolute atomic E-state index is 0.0478. The van der Waals surface area contributed by atoms with E-state index >= 15 is 0 Å². The fourth-order valence-corrected chi connectivity index (χ4v) is 1.46. The lowest BCUT2D eigenvalue weighted by Gasteiger charge is -2.25. The molecule has 0 radical (unpaired) electrons. The van der Waals surface area contributed by atoms with Crippen molar-refractivity contribution in [2.75, 3.05) is 0 Å². The maximum atomic E-state index is 11.6. The fraction of sp³-hybridized carbons (Fsp3) is 0.333. The quantitative estimate of drug-likeness (QED) is 0.792. The predicted octanol–water partition coefficient (Wildman–Crippen LogP) is 2.09. The van der Waals surface area contributed by atoms with E-state index in [1.807, 2.05) is 0 Å². The van der Waals surface area contributed by atoms with Crippen LogP contribution in [0.3, 0.4) is 0 Å². The third-order valence-electron chi connectivity index (χ3n) is 2.69. The molecule has 0 atom stereocenters. The van der Waals surface area contributed by atoms with Crippen LogP contribution in [0, 0.1) is 0 Å². The smallest absolute Gasteiger partial charge is 0.338 e. The topological polar surface area (TPSA) is 63.6 Å². The number of carboxylic acid groups (broad SMARTS) is 1. The molecule has 2 rings (SSSR count). The second kappa shape index (κ2) is 4.35. The van der Waals surface area contributed by atoms with Crippen LogP contribution in [-0.2, 0) is 4.74 Å². The van der Waals surface area contributed by atoms with Gasteiger partial charge in [-0.1, -0.05) is 0 Å². The highest BCUT2D eigenvalue weighted by molar-refractivity contribution is 5.92. The van der Waals surface area contributed by atoms with Crippen LogP contribution in [0.4, 0.5) is 0 Å². The Morgan fingerprint density at radius 3 is 2.12 bits per heavy atom. The lowest BCUT2D eigenvalue weighted by atomic mass is 9.96. The van der Waals surface area contributed by atoms with Gasteiger partial charge in [-0.25, -0.2) is 9.59 Å². The zero-order chi connectivity index (χ0) is 11.5. The van der Waals surface area contributed by atoms with Crippen LogP contribution < -0.4 is 0 Å². The summed E-state index contributed by atoms with van der Waals surface area (Å²) in [7, 11) is 0. The van der Waals surface area contributed by atoms with Crippen LogP contribution >= 0.6 is 0 Å². The Balaban J connectivity index is 2.02. The van der Waals surface area contributed by atoms with Crippen LogP contribution in [0.5, 0.6) is 0 Å². The summed E-state index contributed by atoms with van der Waals surface area (Å²) >= 11 is 0. The largest absolute Gasteiger partial charge is 0.478 e. The average molecular weight is 220 g/mol. The molecule has 0 spiro atoms. The zero-order valence-electron chi connectivity index (χ0n) is 8.68. The van der Waals surface area contributed by atoms with Gasteiger partial charge in [0.2, 0.25) is 0 Å². The Labute approximate surface area is 92.8 Å². The van der Waals surface area contributed by atoms with Crippen molar-refractivity contribution in [3.63, 3.8) is 0 Å². The van der Waals surface area contributed by atoms with Crippen molar-refractivity contribution in [2.24, 2.45) is 0 Å². The third kappa shape index (κ3) is 2.21. The molecular formula is C12H12O4. The maximum Gasteiger partial charge on any atom is 0.338 e. The van der Waals surface area contributed by atoms with E-state index in [-0.39, 0.29) is 17.6 Å². The molecule has 1 aliphatic carbocycles. The standard InChI is InChI=1S/C12H12O4/c13-11(14)8-4-6-9(7-5-8)12(15)16-10-2-1-3-10/h4-7,10H,1-3H2,(H,13,14). The number of carboxylic acids is 1. The van der Waals surface area contributed by atoms with Gasteiger partial charge in [0, 0.05) is 0 Å². The SMILES string of the molecule is O=C(O)c1ccc(C(=O)OC2CCC2)cc1. The zero-order valence-corrected chi connectivity index (χ0v) is 8.68. The van der Waals surface area contributed by atoms with Gasteiger partial charge < -0.3 is 9.84 Å². The van der Waals surface area contributed by atoms with Crippen LogP contribution in [0.15, 0.2) is 24.3 Å². The average Bonchev–Trinajstić information content (AvgIpc) is 2.23. The van der Waals surface area contributed by atoms with Crippen molar-refractivity contribution in [2.45, 2.75) is 25.4 Å². The first kappa shape index (κ1) is 10.7. The Hall–Kier alpha value is -1.84. The summed E-state index contributed by atoms with van der Waals surface area (Å²) in [5.41, 5.74) is 0.567. The van der Waals surface area contributed by atoms with Crippen molar-refractivity contribution >= 4 is 11.9 Å². The Bertz CT molecular complexity index is 404. The lowest BCUT2D eigenvalue weighted by molar-refractivity contribution is 0.00898. The van der Waals surface area contributed by atoms with E-state index in [1.54, 1.807) is 0 Å². The van der Waals surface area contributed by atoms with E-state index in [1.165, 1.54) is 24.3 Å². The molecule has 4 nitrogen and oxygen atoms in total. The molecule has 0 heterocycles. The minimum Gasteiger partial charge on any atom is -0.478 e. The molecular weight excluding hydrogens is 208 g/mol. The molecule has 0 bridgehead atoms. The number of ether oxygens (including phenoxy) is 1. The van der Waals surface area contributed by atoms with E-state index in [9.17, 15) is 9.59 Å². The van der Waals surface area contributed by atoms with Crippen LogP contribution in [0.1, 0.15) is 40.0 Å². The second-order valence-corrected chi connectivity index (χ2v) is 3.84. The van der Waals surface area contributed by atoms with Crippen LogP contribution in [0.2, 0.25) is 0 Å². The Morgan fingerprint density at radius 1 is 1.12 bits per heavy atom. The molecule has 0 aromatic heterocycles. The Kier molecular flexibility index (Phi) is 2.90. The first-order chi connectivity index (χ1) is 7.66. The number of hydrogen-bond donors (Lipinski definition) is 1. The first-order valence-electron chi connectivity index (χ1n) is 5.21. The van der Waals surface area contributed by atoms with Gasteiger partial charge in [-0.3, -0.25) is 0 Å². The van der Waals surface area contributed by atoms with E-state index in [4.69, 9.17) is 9.84 Å². The van der Waals surface area contributed by atoms with E-state index < -0.39 is 5.97 Å². The van der Waals surface area contributed by atoms with Gasteiger partial charge in [-0.2, -0.15) is 0 Å². The maximum absolute atomic E-state index is 11.6. The molecule has 0 saturated heterocycles. The summed E-state index contributed by atoms with van der Waals surface area (Å²) in [6.07, 6.45) is 3.01. The van der Waals surface area contributed by atoms with Gasteiger partial charge in [0.1, 0.15) is 6.10 Å². The van der Waals surface area contributed by atoms with Gasteiger partial charge in [0.25, 0.3) is 0 Å². The van der Waals surface area contributed by atoms with Crippen LogP contribution in [-0.4, -0.2) is 23.1 Å². The fourth-order valence-electron chi connectivity index (χ4n) is 1.46. The molecule has 4 heteroatoms. The van der Waals surface area contributed by atoms with Crippen molar-refractivity contribution < 1.29 is 19.4 Å². The summed E-state index contributed by atoms with van der Waals surface area (Å²) in [6.45, 7) is 0. The second-order valence-electron chi connectivity index (χ2n) is 3.84. The highest BCUT2D eigenvalue weighted by Crippen LogP contribution is 2.23. The van der Waals surface area contributed by atoms with E-state index in [0.717, 1.165) is 19.3 Å². The molecule has 84 valence electrons. The molecule has 1 N–H and O–H groups in total. The summed E-state index contributed by atoms with van der Waals surface area (Å²) in [4.78, 5) is 22.2. The van der Waals surface area contributed by atoms with Crippen molar-refractivity contribution in [3.05, 3.63) is 35.4 Å².